The molecule has 0 aliphatic rings. The molecule has 0 fully saturated rings. The zero-order valence-corrected chi connectivity index (χ0v) is 15.6. The first-order chi connectivity index (χ1) is 12.1. The Kier molecular flexibility index (Phi) is 11.6. The molecule has 1 aromatic rings. The molecular weight excluding hydrogens is 316 g/mol. The van der Waals surface area contributed by atoms with Crippen molar-refractivity contribution in [1.82, 2.24) is 0 Å². The lowest BCUT2D eigenvalue weighted by atomic mass is 10.1. The molecule has 0 atom stereocenters. The molecule has 1 rings (SSSR count). The fraction of sp³-hybridized carbons (Fsp3) is 0.667. The van der Waals surface area contributed by atoms with Gasteiger partial charge < -0.3 is 14.9 Å². The molecule has 2 N–H and O–H groups in total. The van der Waals surface area contributed by atoms with Crippen molar-refractivity contribution in [2.24, 2.45) is 0 Å². The zero-order chi connectivity index (χ0) is 18.3. The van der Waals surface area contributed by atoms with Crippen LogP contribution in [0.15, 0.2) is 18.2 Å². The molecule has 0 bridgehead atoms. The van der Waals surface area contributed by atoms with Crippen LogP contribution in [0.4, 0.5) is 0 Å². The topological polar surface area (TPSA) is 66.8 Å². The summed E-state index contributed by atoms with van der Waals surface area (Å²) < 4.78 is 5.17. The van der Waals surface area contributed by atoms with Crippen molar-refractivity contribution in [3.8, 4) is 11.5 Å². The molecule has 0 spiro atoms. The standard InChI is InChI=1S/C21H34O4/c1-2-3-4-5-6-7-8-9-10-11-12-13-14-25-21(24)18-15-19(22)17-20(23)16-18/h15-17,22-23H,2-14H2,1H3. The van der Waals surface area contributed by atoms with Crippen molar-refractivity contribution in [3.05, 3.63) is 23.8 Å². The Morgan fingerprint density at radius 1 is 0.760 bits per heavy atom. The van der Waals surface area contributed by atoms with Gasteiger partial charge in [0.05, 0.1) is 12.2 Å². The number of carbonyl (C=O) groups excluding carboxylic acids is 1. The van der Waals surface area contributed by atoms with Gasteiger partial charge in [-0.3, -0.25) is 0 Å². The van der Waals surface area contributed by atoms with E-state index in [0.717, 1.165) is 12.8 Å². The van der Waals surface area contributed by atoms with Crippen molar-refractivity contribution in [3.63, 3.8) is 0 Å². The number of hydrogen-bond acceptors (Lipinski definition) is 4. The van der Waals surface area contributed by atoms with E-state index in [4.69, 9.17) is 4.74 Å². The number of rotatable bonds is 14. The average molecular weight is 350 g/mol. The van der Waals surface area contributed by atoms with E-state index in [0.29, 0.717) is 6.61 Å². The summed E-state index contributed by atoms with van der Waals surface area (Å²) in [7, 11) is 0. The molecule has 0 heterocycles. The highest BCUT2D eigenvalue weighted by atomic mass is 16.5. The molecule has 4 heteroatoms. The van der Waals surface area contributed by atoms with Gasteiger partial charge in [-0.05, 0) is 18.6 Å². The summed E-state index contributed by atoms with van der Waals surface area (Å²) in [5, 5.41) is 18.7. The van der Waals surface area contributed by atoms with Gasteiger partial charge in [0, 0.05) is 6.07 Å². The second kappa shape index (κ2) is 13.6. The molecule has 0 saturated heterocycles. The molecule has 142 valence electrons. The minimum absolute atomic E-state index is 0.141. The van der Waals surface area contributed by atoms with Gasteiger partial charge in [-0.15, -0.1) is 0 Å². The summed E-state index contributed by atoms with van der Waals surface area (Å²) in [5.74, 6) is -0.788. The first-order valence-corrected chi connectivity index (χ1v) is 9.83. The van der Waals surface area contributed by atoms with Gasteiger partial charge in [-0.25, -0.2) is 4.79 Å². The summed E-state index contributed by atoms with van der Waals surface area (Å²) in [6, 6.07) is 3.77. The van der Waals surface area contributed by atoms with Crippen LogP contribution in [0.1, 0.15) is 94.3 Å². The van der Waals surface area contributed by atoms with Crippen LogP contribution in [0.25, 0.3) is 0 Å². The van der Waals surface area contributed by atoms with Gasteiger partial charge in [0.2, 0.25) is 0 Å². The van der Waals surface area contributed by atoms with E-state index in [1.54, 1.807) is 0 Å². The Morgan fingerprint density at radius 3 is 1.68 bits per heavy atom. The molecule has 0 aromatic heterocycles. The van der Waals surface area contributed by atoms with E-state index in [-0.39, 0.29) is 17.1 Å². The van der Waals surface area contributed by atoms with Crippen LogP contribution >= 0.6 is 0 Å². The smallest absolute Gasteiger partial charge is 0.338 e. The highest BCUT2D eigenvalue weighted by Gasteiger charge is 2.09. The van der Waals surface area contributed by atoms with Crippen molar-refractivity contribution in [1.29, 1.82) is 0 Å². The van der Waals surface area contributed by atoms with Crippen molar-refractivity contribution in [2.45, 2.75) is 84.0 Å². The number of phenols is 2. The molecule has 0 aliphatic carbocycles. The van der Waals surface area contributed by atoms with Gasteiger partial charge in [-0.2, -0.15) is 0 Å². The lowest BCUT2D eigenvalue weighted by Crippen LogP contribution is -2.06. The number of aromatic hydroxyl groups is 2. The summed E-state index contributed by atoms with van der Waals surface area (Å²) in [6.45, 7) is 2.63. The lowest BCUT2D eigenvalue weighted by molar-refractivity contribution is 0.0496. The largest absolute Gasteiger partial charge is 0.508 e. The fourth-order valence-corrected chi connectivity index (χ4v) is 2.90. The van der Waals surface area contributed by atoms with E-state index in [9.17, 15) is 15.0 Å². The van der Waals surface area contributed by atoms with E-state index in [1.807, 2.05) is 0 Å². The maximum absolute atomic E-state index is 11.8. The Bertz CT molecular complexity index is 465. The zero-order valence-electron chi connectivity index (χ0n) is 15.6. The van der Waals surface area contributed by atoms with Crippen molar-refractivity contribution < 1.29 is 19.7 Å². The van der Waals surface area contributed by atoms with Crippen molar-refractivity contribution in [2.75, 3.05) is 6.61 Å². The molecule has 25 heavy (non-hydrogen) atoms. The van der Waals surface area contributed by atoms with E-state index in [2.05, 4.69) is 6.92 Å². The Hall–Kier alpha value is -1.71. The lowest BCUT2D eigenvalue weighted by Gasteiger charge is -2.06. The van der Waals surface area contributed by atoms with Crippen molar-refractivity contribution >= 4 is 5.97 Å². The molecule has 0 saturated carbocycles. The Labute approximate surface area is 152 Å². The fourth-order valence-electron chi connectivity index (χ4n) is 2.90. The number of benzene rings is 1. The van der Waals surface area contributed by atoms with E-state index in [1.165, 1.54) is 82.4 Å². The minimum Gasteiger partial charge on any atom is -0.508 e. The summed E-state index contributed by atoms with van der Waals surface area (Å²) >= 11 is 0. The molecule has 1 aromatic carbocycles. The summed E-state index contributed by atoms with van der Waals surface area (Å²) in [6.07, 6.45) is 15.2. The first kappa shape index (κ1) is 21.3. The second-order valence-electron chi connectivity index (χ2n) is 6.76. The SMILES string of the molecule is CCCCCCCCCCCCCCOC(=O)c1cc(O)cc(O)c1. The molecule has 0 amide bonds. The molecular formula is C21H34O4. The first-order valence-electron chi connectivity index (χ1n) is 9.83. The number of phenolic OH excluding ortho intramolecular Hbond substituents is 2. The third kappa shape index (κ3) is 10.7. The van der Waals surface area contributed by atoms with Gasteiger partial charge in [0.1, 0.15) is 11.5 Å². The van der Waals surface area contributed by atoms with E-state index >= 15 is 0 Å². The van der Waals surface area contributed by atoms with Gasteiger partial charge in [0.25, 0.3) is 0 Å². The molecule has 0 aliphatic heterocycles. The predicted molar refractivity (Wildman–Crippen MR) is 101 cm³/mol. The normalized spacial score (nSPS) is 10.8. The van der Waals surface area contributed by atoms with E-state index < -0.39 is 5.97 Å². The average Bonchev–Trinajstić information content (AvgIpc) is 2.58. The third-order valence-corrected chi connectivity index (χ3v) is 4.37. The Balaban J connectivity index is 1.94. The third-order valence-electron chi connectivity index (χ3n) is 4.37. The van der Waals surface area contributed by atoms with Crippen LogP contribution in [-0.4, -0.2) is 22.8 Å². The second-order valence-corrected chi connectivity index (χ2v) is 6.76. The molecule has 4 nitrogen and oxygen atoms in total. The van der Waals surface area contributed by atoms with Crippen LogP contribution < -0.4 is 0 Å². The Morgan fingerprint density at radius 2 is 1.20 bits per heavy atom. The number of esters is 1. The number of hydrogen-bond donors (Lipinski definition) is 2. The maximum Gasteiger partial charge on any atom is 0.338 e. The van der Waals surface area contributed by atoms with Gasteiger partial charge in [-0.1, -0.05) is 77.6 Å². The quantitative estimate of drug-likeness (QED) is 0.321. The number of carbonyl (C=O) groups is 1. The summed E-state index contributed by atoms with van der Waals surface area (Å²) in [5.41, 5.74) is 0.177. The highest BCUT2D eigenvalue weighted by Crippen LogP contribution is 2.21. The van der Waals surface area contributed by atoms with Crippen LogP contribution in [0.5, 0.6) is 11.5 Å². The van der Waals surface area contributed by atoms with Crippen LogP contribution in [-0.2, 0) is 4.74 Å². The predicted octanol–water partition coefficient (Wildman–Crippen LogP) is 5.96. The maximum atomic E-state index is 11.8. The highest BCUT2D eigenvalue weighted by molar-refractivity contribution is 5.90. The number of unbranched alkanes of at least 4 members (excludes halogenated alkanes) is 11. The number of ether oxygens (including phenoxy) is 1. The summed E-state index contributed by atoms with van der Waals surface area (Å²) in [4.78, 5) is 11.8. The monoisotopic (exact) mass is 350 g/mol. The molecule has 0 radical (unpaired) electrons. The van der Waals surface area contributed by atoms with Crippen LogP contribution in [0, 0.1) is 0 Å². The van der Waals surface area contributed by atoms with Crippen LogP contribution in [0.3, 0.4) is 0 Å². The van der Waals surface area contributed by atoms with Gasteiger partial charge >= 0.3 is 5.97 Å². The molecule has 0 unspecified atom stereocenters. The minimum atomic E-state index is -0.505. The van der Waals surface area contributed by atoms with Crippen LogP contribution in [0.2, 0.25) is 0 Å². The van der Waals surface area contributed by atoms with Gasteiger partial charge in [0.15, 0.2) is 0 Å².